The van der Waals surface area contributed by atoms with Crippen LogP contribution in [-0.4, -0.2) is 26.1 Å². The molecule has 0 saturated carbocycles. The maximum absolute atomic E-state index is 5.56. The van der Waals surface area contributed by atoms with Crippen LogP contribution in [0.2, 0.25) is 0 Å². The van der Waals surface area contributed by atoms with Crippen LogP contribution in [0.25, 0.3) is 33.7 Å². The fourth-order valence-corrected chi connectivity index (χ4v) is 13.7. The first-order valence-electron chi connectivity index (χ1n) is 20.2. The molecule has 4 nitrogen and oxygen atoms in total. The molecule has 0 fully saturated rings. The van der Waals surface area contributed by atoms with E-state index in [1.54, 1.807) is 0 Å². The lowest BCUT2D eigenvalue weighted by Crippen LogP contribution is -2.33. The van der Waals surface area contributed by atoms with Crippen molar-refractivity contribution in [2.45, 2.75) is 86.0 Å². The Labute approximate surface area is 327 Å². The zero-order valence-corrected chi connectivity index (χ0v) is 34.4. The van der Waals surface area contributed by atoms with Gasteiger partial charge in [0.15, 0.2) is 0 Å². The Bertz CT molecular complexity index is 2450. The number of fused-ring (bicyclic) bond motifs is 8. The molecule has 0 amide bonds. The van der Waals surface area contributed by atoms with E-state index in [9.17, 15) is 0 Å². The molecular weight excluding hydrogens is 688 g/mol. The number of H-pyrrole nitrogens is 2. The molecule has 0 radical (unpaired) electrons. The largest absolute Gasteiger partial charge is 0.355 e. The summed E-state index contributed by atoms with van der Waals surface area (Å²) >= 11 is 0. The van der Waals surface area contributed by atoms with E-state index < -0.39 is 7.26 Å². The van der Waals surface area contributed by atoms with Crippen LogP contribution in [0.3, 0.4) is 0 Å². The van der Waals surface area contributed by atoms with Crippen molar-refractivity contribution in [1.29, 1.82) is 0 Å². The van der Waals surface area contributed by atoms with Gasteiger partial charge in [-0.15, -0.1) is 0 Å². The van der Waals surface area contributed by atoms with Gasteiger partial charge in [-0.3, -0.25) is 4.98 Å². The number of allylic oxidation sites excluding steroid dienone is 1. The van der Waals surface area contributed by atoms with Crippen LogP contribution in [0.4, 0.5) is 0 Å². The highest BCUT2D eigenvalue weighted by Crippen LogP contribution is 2.56. The summed E-state index contributed by atoms with van der Waals surface area (Å²) in [6.45, 7) is 15.9. The second-order valence-electron chi connectivity index (χ2n) is 15.6. The van der Waals surface area contributed by atoms with Gasteiger partial charge in [0.1, 0.15) is 23.2 Å². The summed E-state index contributed by atoms with van der Waals surface area (Å²) in [4.78, 5) is 18.5. The van der Waals surface area contributed by atoms with Crippen molar-refractivity contribution in [2.24, 2.45) is 0 Å². The van der Waals surface area contributed by atoms with Crippen molar-refractivity contribution in [3.8, 4) is 0 Å². The fourth-order valence-electron chi connectivity index (χ4n) is 9.34. The first-order valence-corrected chi connectivity index (χ1v) is 22.2. The van der Waals surface area contributed by atoms with E-state index in [0.717, 1.165) is 65.5 Å². The van der Waals surface area contributed by atoms with Crippen molar-refractivity contribution >= 4 is 56.9 Å². The molecule has 8 rings (SSSR count). The standard InChI is InChI=1S/C50H54N4P/c1-8-40-34(5)46-31-49-41(9-2)33(4)45(52-49)30-47-35(6)42(50(54-47)36(7)44-28-32(3)43(51-44)29-48(40)53-46)26-19-27-55(37-20-13-10-14-21-37,38-22-15-11-16-23-38)39-24-17-12-18-25-39/h10-18,20-25,28-31,35,42,52-53H,8-9,19,26-27H2,1-7H3/q+1/t35-,42-/m0/s1. The Morgan fingerprint density at radius 3 is 1.64 bits per heavy atom. The normalized spacial score (nSPS) is 15.7. The minimum atomic E-state index is -1.94. The van der Waals surface area contributed by atoms with Crippen LogP contribution in [0.5, 0.6) is 0 Å². The van der Waals surface area contributed by atoms with Crippen LogP contribution in [-0.2, 0) is 12.8 Å². The van der Waals surface area contributed by atoms with E-state index in [4.69, 9.17) is 9.97 Å². The van der Waals surface area contributed by atoms with E-state index in [-0.39, 0.29) is 11.8 Å². The molecule has 5 heteroatoms. The molecule has 2 N–H and O–H groups in total. The SMILES string of the molecule is CCc1c(C)c2cc3[nH]c(cc4nc(c(C)c5nc(cc1[nH]2)C(C)=C5)[C@@H](CCC[P+](c1ccccc1)(c1ccccc1)c1ccccc1)[C@@H]4C)c(C)c3CC. The number of nitrogens with zero attached hydrogens (tertiary/aromatic N) is 2. The monoisotopic (exact) mass is 741 g/mol. The molecule has 2 aliphatic heterocycles. The minimum Gasteiger partial charge on any atom is -0.355 e. The molecule has 0 saturated heterocycles. The lowest BCUT2D eigenvalue weighted by atomic mass is 9.86. The number of benzene rings is 3. The Morgan fingerprint density at radius 1 is 0.600 bits per heavy atom. The molecule has 6 aromatic rings. The van der Waals surface area contributed by atoms with Crippen LogP contribution >= 0.6 is 7.26 Å². The summed E-state index contributed by atoms with van der Waals surface area (Å²) in [5.41, 5.74) is 16.8. The van der Waals surface area contributed by atoms with Gasteiger partial charge in [-0.1, -0.05) is 75.4 Å². The lowest BCUT2D eigenvalue weighted by molar-refractivity contribution is 0.549. The molecule has 2 aliphatic rings. The summed E-state index contributed by atoms with van der Waals surface area (Å²) in [5.74, 6) is 0.545. The third-order valence-electron chi connectivity index (χ3n) is 12.5. The number of rotatable bonds is 9. The van der Waals surface area contributed by atoms with E-state index in [0.29, 0.717) is 0 Å². The summed E-state index contributed by atoms with van der Waals surface area (Å²) < 4.78 is 0. The molecule has 0 unspecified atom stereocenters. The maximum Gasteiger partial charge on any atom is 0.112 e. The molecular formula is C50H54N4P+. The van der Waals surface area contributed by atoms with Crippen molar-refractivity contribution in [2.75, 3.05) is 6.16 Å². The van der Waals surface area contributed by atoms with Crippen molar-refractivity contribution in [1.82, 2.24) is 19.9 Å². The van der Waals surface area contributed by atoms with Gasteiger partial charge < -0.3 is 9.97 Å². The molecule has 3 aromatic heterocycles. The fraction of sp³-hybridized carbons (Fsp3) is 0.280. The number of hydrogen-bond acceptors (Lipinski definition) is 2. The number of hydrogen-bond donors (Lipinski definition) is 2. The van der Waals surface area contributed by atoms with Crippen molar-refractivity contribution in [3.63, 3.8) is 0 Å². The predicted molar refractivity (Wildman–Crippen MR) is 238 cm³/mol. The van der Waals surface area contributed by atoms with Crippen molar-refractivity contribution in [3.05, 3.63) is 160 Å². The highest BCUT2D eigenvalue weighted by molar-refractivity contribution is 7.95. The molecule has 3 aromatic carbocycles. The molecule has 0 spiro atoms. The smallest absolute Gasteiger partial charge is 0.112 e. The van der Waals surface area contributed by atoms with Crippen molar-refractivity contribution < 1.29 is 0 Å². The maximum atomic E-state index is 5.56. The minimum absolute atomic E-state index is 0.265. The Hall–Kier alpha value is -5.05. The van der Waals surface area contributed by atoms with Gasteiger partial charge in [0.05, 0.1) is 17.5 Å². The predicted octanol–water partition coefficient (Wildman–Crippen LogP) is 11.6. The summed E-state index contributed by atoms with van der Waals surface area (Å²) in [6.07, 6.45) is 7.42. The Morgan fingerprint density at radius 2 is 1.11 bits per heavy atom. The molecule has 5 heterocycles. The number of aromatic nitrogens is 4. The number of aromatic amines is 2. The van der Waals surface area contributed by atoms with Gasteiger partial charge in [-0.25, -0.2) is 4.98 Å². The van der Waals surface area contributed by atoms with E-state index >= 15 is 0 Å². The van der Waals surface area contributed by atoms with Gasteiger partial charge in [0.25, 0.3) is 0 Å². The zero-order chi connectivity index (χ0) is 38.3. The second-order valence-corrected chi connectivity index (χ2v) is 19.2. The molecule has 278 valence electrons. The van der Waals surface area contributed by atoms with Gasteiger partial charge in [0.2, 0.25) is 0 Å². The zero-order valence-electron chi connectivity index (χ0n) is 33.5. The molecule has 55 heavy (non-hydrogen) atoms. The number of nitrogens with one attached hydrogen (secondary N) is 2. The van der Waals surface area contributed by atoms with Gasteiger partial charge >= 0.3 is 0 Å². The average molecular weight is 742 g/mol. The highest BCUT2D eigenvalue weighted by Gasteiger charge is 2.45. The first-order chi connectivity index (χ1) is 26.7. The molecule has 2 atom stereocenters. The topological polar surface area (TPSA) is 57.4 Å². The third kappa shape index (κ3) is 6.59. The van der Waals surface area contributed by atoms with E-state index in [2.05, 4.69) is 174 Å². The van der Waals surface area contributed by atoms with Crippen LogP contribution in [0.1, 0.15) is 103 Å². The Balaban J connectivity index is 1.29. The second kappa shape index (κ2) is 15.2. The molecule has 0 aliphatic carbocycles. The van der Waals surface area contributed by atoms with Gasteiger partial charge in [0, 0.05) is 45.3 Å². The lowest BCUT2D eigenvalue weighted by Gasteiger charge is -2.28. The quantitative estimate of drug-likeness (QED) is 0.145. The van der Waals surface area contributed by atoms with Crippen LogP contribution < -0.4 is 15.9 Å². The van der Waals surface area contributed by atoms with Gasteiger partial charge in [-0.05, 0) is 147 Å². The summed E-state index contributed by atoms with van der Waals surface area (Å²) in [7, 11) is -1.94. The van der Waals surface area contributed by atoms with Gasteiger partial charge in [-0.2, -0.15) is 0 Å². The first kappa shape index (κ1) is 36.9. The van der Waals surface area contributed by atoms with E-state index in [1.807, 2.05) is 0 Å². The summed E-state index contributed by atoms with van der Waals surface area (Å²) in [6, 6.07) is 40.8. The van der Waals surface area contributed by atoms with Crippen LogP contribution in [0.15, 0.2) is 109 Å². The van der Waals surface area contributed by atoms with Crippen LogP contribution in [0, 0.1) is 20.8 Å². The summed E-state index contributed by atoms with van der Waals surface area (Å²) in [5, 5.41) is 4.33. The van der Waals surface area contributed by atoms with E-state index in [1.165, 1.54) is 60.5 Å². The highest BCUT2D eigenvalue weighted by atomic mass is 31.2. The third-order valence-corrected chi connectivity index (χ3v) is 17.0. The molecule has 8 bridgehead atoms. The Kier molecular flexibility index (Phi) is 10.2. The number of aryl methyl sites for hydroxylation is 4. The average Bonchev–Trinajstić information content (AvgIpc) is 3.92.